The summed E-state index contributed by atoms with van der Waals surface area (Å²) in [4.78, 5) is 9.44. The minimum absolute atomic E-state index is 0.162. The van der Waals surface area contributed by atoms with Crippen LogP contribution in [-0.2, 0) is 4.74 Å². The molecule has 164 valence electrons. The van der Waals surface area contributed by atoms with Crippen LogP contribution in [0.25, 0.3) is 28.0 Å². The highest BCUT2D eigenvalue weighted by molar-refractivity contribution is 6.30. The van der Waals surface area contributed by atoms with E-state index in [1.54, 1.807) is 23.9 Å². The van der Waals surface area contributed by atoms with Gasteiger partial charge >= 0.3 is 0 Å². The molecule has 1 atom stereocenters. The van der Waals surface area contributed by atoms with E-state index in [0.717, 1.165) is 36.4 Å². The van der Waals surface area contributed by atoms with E-state index in [1.807, 2.05) is 36.4 Å². The Kier molecular flexibility index (Phi) is 5.55. The molecule has 1 aliphatic heterocycles. The van der Waals surface area contributed by atoms with Gasteiger partial charge in [-0.25, -0.2) is 9.67 Å². The molecule has 0 aliphatic carbocycles. The molecule has 3 heterocycles. The fourth-order valence-electron chi connectivity index (χ4n) is 3.84. The number of ether oxygens (including phenoxy) is 2. The van der Waals surface area contributed by atoms with Crippen molar-refractivity contribution < 1.29 is 9.47 Å². The van der Waals surface area contributed by atoms with Crippen molar-refractivity contribution in [3.8, 4) is 22.7 Å². The number of hydrogen-bond donors (Lipinski definition) is 2. The Hall–Kier alpha value is -3.36. The third kappa shape index (κ3) is 3.94. The van der Waals surface area contributed by atoms with Gasteiger partial charge in [0.15, 0.2) is 5.65 Å². The molecule has 0 spiro atoms. The molecule has 1 aliphatic rings. The van der Waals surface area contributed by atoms with Gasteiger partial charge in [-0.2, -0.15) is 4.98 Å². The van der Waals surface area contributed by atoms with Gasteiger partial charge in [0, 0.05) is 23.7 Å². The van der Waals surface area contributed by atoms with Gasteiger partial charge in [0.25, 0.3) is 0 Å². The molecule has 0 radical (unpaired) electrons. The largest absolute Gasteiger partial charge is 0.497 e. The van der Waals surface area contributed by atoms with Gasteiger partial charge in [0.05, 0.1) is 30.0 Å². The zero-order valence-corrected chi connectivity index (χ0v) is 18.3. The monoisotopic (exact) mass is 450 g/mol. The minimum Gasteiger partial charge on any atom is -0.497 e. The summed E-state index contributed by atoms with van der Waals surface area (Å²) in [5.41, 5.74) is 9.44. The lowest BCUT2D eigenvalue weighted by Crippen LogP contribution is -2.19. The van der Waals surface area contributed by atoms with E-state index in [4.69, 9.17) is 31.8 Å². The Labute approximate surface area is 190 Å². The molecular formula is C23H23ClN6O2. The summed E-state index contributed by atoms with van der Waals surface area (Å²) in [6, 6.07) is 15.0. The van der Waals surface area contributed by atoms with Gasteiger partial charge in [-0.1, -0.05) is 11.6 Å². The van der Waals surface area contributed by atoms with Crippen LogP contribution < -0.4 is 15.8 Å². The van der Waals surface area contributed by atoms with Crippen molar-refractivity contribution in [3.05, 3.63) is 53.6 Å². The van der Waals surface area contributed by atoms with E-state index in [9.17, 15) is 0 Å². The van der Waals surface area contributed by atoms with Crippen molar-refractivity contribution in [2.75, 3.05) is 31.3 Å². The summed E-state index contributed by atoms with van der Waals surface area (Å²) in [6.07, 6.45) is 2.26. The van der Waals surface area contributed by atoms with Crippen LogP contribution in [0.3, 0.4) is 0 Å². The van der Waals surface area contributed by atoms with Gasteiger partial charge < -0.3 is 20.5 Å². The number of halogens is 1. The number of nitrogens with zero attached hydrogens (tertiary/aromatic N) is 4. The van der Waals surface area contributed by atoms with Gasteiger partial charge in [-0.15, -0.1) is 5.10 Å². The number of benzene rings is 2. The molecule has 0 amide bonds. The van der Waals surface area contributed by atoms with Crippen LogP contribution in [-0.4, -0.2) is 46.1 Å². The number of rotatable bonds is 6. The summed E-state index contributed by atoms with van der Waals surface area (Å²) in [5, 5.41) is 9.31. The standard InChI is InChI=1S/C23H23ClN6O2/c1-31-17-10-4-14(5-11-17)20-19-21(25)30(16-8-6-15(24)7-9-16)29-22(19)28-23(27-20)26-13-18-3-2-12-32-18/h4-11,18H,2-3,12-13,25H2,1H3,(H,26,28,29). The molecule has 1 fully saturated rings. The van der Waals surface area contributed by atoms with Crippen LogP contribution in [0.1, 0.15) is 12.8 Å². The molecule has 1 unspecified atom stereocenters. The second-order valence-corrected chi connectivity index (χ2v) is 8.05. The van der Waals surface area contributed by atoms with Crippen LogP contribution in [0, 0.1) is 0 Å². The first-order chi connectivity index (χ1) is 15.6. The molecule has 9 heteroatoms. The molecule has 4 aromatic rings. The van der Waals surface area contributed by atoms with Crippen LogP contribution in [0.2, 0.25) is 5.02 Å². The maximum Gasteiger partial charge on any atom is 0.225 e. The molecule has 5 rings (SSSR count). The first-order valence-corrected chi connectivity index (χ1v) is 10.8. The first-order valence-electron chi connectivity index (χ1n) is 10.4. The normalized spacial score (nSPS) is 15.9. The zero-order valence-electron chi connectivity index (χ0n) is 17.6. The van der Waals surface area contributed by atoms with Crippen LogP contribution in [0.15, 0.2) is 48.5 Å². The molecule has 2 aromatic carbocycles. The predicted molar refractivity (Wildman–Crippen MR) is 126 cm³/mol. The second kappa shape index (κ2) is 8.64. The number of fused-ring (bicyclic) bond motifs is 1. The number of nitrogens with two attached hydrogens (primary N) is 1. The van der Waals surface area contributed by atoms with Crippen molar-refractivity contribution >= 4 is 34.4 Å². The van der Waals surface area contributed by atoms with E-state index < -0.39 is 0 Å². The minimum atomic E-state index is 0.162. The molecule has 1 saturated heterocycles. The van der Waals surface area contributed by atoms with Gasteiger partial charge in [0.2, 0.25) is 5.95 Å². The lowest BCUT2D eigenvalue weighted by Gasteiger charge is -2.12. The number of anilines is 2. The number of nitrogen functional groups attached to an aromatic ring is 1. The van der Waals surface area contributed by atoms with Crippen LogP contribution in [0.4, 0.5) is 11.8 Å². The van der Waals surface area contributed by atoms with E-state index in [2.05, 4.69) is 15.4 Å². The summed E-state index contributed by atoms with van der Waals surface area (Å²) < 4.78 is 12.7. The number of hydrogen-bond acceptors (Lipinski definition) is 7. The summed E-state index contributed by atoms with van der Waals surface area (Å²) in [6.45, 7) is 1.44. The quantitative estimate of drug-likeness (QED) is 0.451. The molecule has 8 nitrogen and oxygen atoms in total. The Balaban J connectivity index is 1.61. The number of nitrogens with one attached hydrogen (secondary N) is 1. The number of aromatic nitrogens is 4. The summed E-state index contributed by atoms with van der Waals surface area (Å²) in [7, 11) is 1.64. The highest BCUT2D eigenvalue weighted by Crippen LogP contribution is 2.33. The molecule has 3 N–H and O–H groups in total. The fourth-order valence-corrected chi connectivity index (χ4v) is 3.96. The van der Waals surface area contributed by atoms with E-state index in [-0.39, 0.29) is 6.10 Å². The molecule has 0 saturated carbocycles. The zero-order chi connectivity index (χ0) is 22.1. The summed E-state index contributed by atoms with van der Waals surface area (Å²) in [5.74, 6) is 1.71. The fraction of sp³-hybridized carbons (Fsp3) is 0.261. The van der Waals surface area contributed by atoms with Crippen molar-refractivity contribution in [1.29, 1.82) is 0 Å². The average molecular weight is 451 g/mol. The van der Waals surface area contributed by atoms with E-state index in [1.165, 1.54) is 0 Å². The van der Waals surface area contributed by atoms with E-state index >= 15 is 0 Å². The van der Waals surface area contributed by atoms with Gasteiger partial charge in [-0.05, 0) is 61.4 Å². The van der Waals surface area contributed by atoms with Crippen molar-refractivity contribution in [2.45, 2.75) is 18.9 Å². The maximum atomic E-state index is 6.55. The number of methoxy groups -OCH3 is 1. The van der Waals surface area contributed by atoms with E-state index in [0.29, 0.717) is 40.1 Å². The van der Waals surface area contributed by atoms with Crippen molar-refractivity contribution in [1.82, 2.24) is 19.7 Å². The third-order valence-electron chi connectivity index (χ3n) is 5.52. The molecular weight excluding hydrogens is 428 g/mol. The summed E-state index contributed by atoms with van der Waals surface area (Å²) >= 11 is 6.04. The topological polar surface area (TPSA) is 100 Å². The highest BCUT2D eigenvalue weighted by atomic mass is 35.5. The molecule has 32 heavy (non-hydrogen) atoms. The molecule has 2 aromatic heterocycles. The van der Waals surface area contributed by atoms with Gasteiger partial charge in [-0.3, -0.25) is 0 Å². The van der Waals surface area contributed by atoms with Crippen LogP contribution >= 0.6 is 11.6 Å². The SMILES string of the molecule is COc1ccc(-c2nc(NCC3CCCO3)nc3nn(-c4ccc(Cl)cc4)c(N)c23)cc1. The lowest BCUT2D eigenvalue weighted by molar-refractivity contribution is 0.120. The highest BCUT2D eigenvalue weighted by Gasteiger charge is 2.21. The van der Waals surface area contributed by atoms with Crippen molar-refractivity contribution in [3.63, 3.8) is 0 Å². The Morgan fingerprint density at radius 2 is 1.94 bits per heavy atom. The Morgan fingerprint density at radius 3 is 2.62 bits per heavy atom. The maximum absolute atomic E-state index is 6.55. The van der Waals surface area contributed by atoms with Gasteiger partial charge in [0.1, 0.15) is 11.6 Å². The molecule has 0 bridgehead atoms. The first kappa shape index (κ1) is 20.5. The average Bonchev–Trinajstić information content (AvgIpc) is 3.46. The smallest absolute Gasteiger partial charge is 0.225 e. The van der Waals surface area contributed by atoms with Crippen molar-refractivity contribution in [2.24, 2.45) is 0 Å². The Bertz CT molecular complexity index is 1230. The van der Waals surface area contributed by atoms with Crippen LogP contribution in [0.5, 0.6) is 5.75 Å². The Morgan fingerprint density at radius 1 is 1.16 bits per heavy atom. The third-order valence-corrected chi connectivity index (χ3v) is 5.77. The second-order valence-electron chi connectivity index (χ2n) is 7.61. The predicted octanol–water partition coefficient (Wildman–Crippen LogP) is 4.32. The lowest BCUT2D eigenvalue weighted by atomic mass is 10.1.